The number of carbonyl (C=O) groups excluding carboxylic acids is 2. The zero-order chi connectivity index (χ0) is 34.2. The first kappa shape index (κ1) is 35.8. The summed E-state index contributed by atoms with van der Waals surface area (Å²) in [7, 11) is -4.29. The highest BCUT2D eigenvalue weighted by Gasteiger charge is 2.37. The van der Waals surface area contributed by atoms with Gasteiger partial charge in [0.15, 0.2) is 0 Å². The Morgan fingerprint density at radius 3 is 2.00 bits per heavy atom. The van der Waals surface area contributed by atoms with Gasteiger partial charge in [-0.15, -0.1) is 0 Å². The van der Waals surface area contributed by atoms with E-state index in [-0.39, 0.29) is 35.9 Å². The van der Waals surface area contributed by atoms with E-state index in [0.29, 0.717) is 15.6 Å². The first-order valence-corrected chi connectivity index (χ1v) is 17.4. The number of hydrogen-bond donors (Lipinski definition) is 1. The second-order valence-corrected chi connectivity index (χ2v) is 14.6. The first-order chi connectivity index (χ1) is 22.3. The molecule has 0 aliphatic rings. The van der Waals surface area contributed by atoms with Crippen molar-refractivity contribution in [1.82, 2.24) is 10.2 Å². The molecule has 0 spiro atoms. The van der Waals surface area contributed by atoms with Gasteiger partial charge >= 0.3 is 0 Å². The van der Waals surface area contributed by atoms with E-state index in [1.807, 2.05) is 51.1 Å². The van der Waals surface area contributed by atoms with Gasteiger partial charge in [-0.2, -0.15) is 0 Å². The molecule has 8 nitrogen and oxygen atoms in total. The highest BCUT2D eigenvalue weighted by molar-refractivity contribution is 7.92. The molecule has 0 aliphatic carbocycles. The number of halogens is 2. The largest absolute Gasteiger partial charge is 0.492 e. The molecule has 4 rings (SSSR count). The molecule has 0 fully saturated rings. The number of anilines is 1. The number of para-hydroxylation sites is 2. The number of benzene rings is 4. The summed E-state index contributed by atoms with van der Waals surface area (Å²) >= 11 is 13.2. The van der Waals surface area contributed by atoms with E-state index in [1.165, 1.54) is 17.0 Å². The third kappa shape index (κ3) is 9.28. The van der Waals surface area contributed by atoms with Gasteiger partial charge in [0.05, 0.1) is 17.2 Å². The summed E-state index contributed by atoms with van der Waals surface area (Å²) in [6.45, 7) is 6.81. The zero-order valence-corrected chi connectivity index (χ0v) is 29.1. The van der Waals surface area contributed by atoms with E-state index in [9.17, 15) is 18.0 Å². The minimum Gasteiger partial charge on any atom is -0.492 e. The molecule has 4 aromatic carbocycles. The van der Waals surface area contributed by atoms with Crippen LogP contribution in [0.2, 0.25) is 10.0 Å². The summed E-state index contributed by atoms with van der Waals surface area (Å²) in [5.41, 5.74) is 0.793. The maximum atomic E-state index is 14.7. The maximum absolute atomic E-state index is 14.7. The van der Waals surface area contributed by atoms with Crippen molar-refractivity contribution in [2.45, 2.75) is 57.1 Å². The van der Waals surface area contributed by atoms with Gasteiger partial charge in [0.1, 0.15) is 18.3 Å². The monoisotopic (exact) mass is 695 g/mol. The van der Waals surface area contributed by atoms with Crippen molar-refractivity contribution in [2.75, 3.05) is 17.5 Å². The van der Waals surface area contributed by atoms with E-state index < -0.39 is 40.0 Å². The standard InChI is InChI=1S/C36H39Cl2N3O5S/c1-5-46-33-22-13-12-21-31(33)41(47(44,45)27-17-10-7-11-18-27)25-34(42)40(24-28-29(37)19-14-20-30(28)38)32(35(43)39-36(2,3)4)23-26-15-8-6-9-16-26/h6-22,32H,5,23-25H2,1-4H3,(H,39,43)/t32-/m0/s1. The third-order valence-corrected chi connectivity index (χ3v) is 9.69. The van der Waals surface area contributed by atoms with Gasteiger partial charge in [0.25, 0.3) is 10.0 Å². The van der Waals surface area contributed by atoms with Crippen LogP contribution < -0.4 is 14.4 Å². The van der Waals surface area contributed by atoms with Crippen LogP contribution in [0, 0.1) is 0 Å². The molecular weight excluding hydrogens is 657 g/mol. The van der Waals surface area contributed by atoms with Gasteiger partial charge in [-0.25, -0.2) is 8.42 Å². The zero-order valence-electron chi connectivity index (χ0n) is 26.8. The Morgan fingerprint density at radius 1 is 0.830 bits per heavy atom. The Kier molecular flexibility index (Phi) is 12.0. The summed E-state index contributed by atoms with van der Waals surface area (Å²) in [6, 6.07) is 27.7. The Labute approximate surface area is 287 Å². The summed E-state index contributed by atoms with van der Waals surface area (Å²) in [4.78, 5) is 30.1. The lowest BCUT2D eigenvalue weighted by Crippen LogP contribution is -2.56. The number of amides is 2. The number of carbonyl (C=O) groups is 2. The Bertz CT molecular complexity index is 1760. The van der Waals surface area contributed by atoms with Crippen molar-refractivity contribution in [3.8, 4) is 5.75 Å². The molecule has 2 amide bonds. The molecule has 0 radical (unpaired) electrons. The van der Waals surface area contributed by atoms with Crippen molar-refractivity contribution in [3.05, 3.63) is 124 Å². The molecular formula is C36H39Cl2N3O5S. The average molecular weight is 697 g/mol. The summed E-state index contributed by atoms with van der Waals surface area (Å²) < 4.78 is 35.4. The van der Waals surface area contributed by atoms with Gasteiger partial charge in [-0.1, -0.05) is 89.9 Å². The Balaban J connectivity index is 1.88. The quantitative estimate of drug-likeness (QED) is 0.160. The van der Waals surface area contributed by atoms with E-state index >= 15 is 0 Å². The van der Waals surface area contributed by atoms with Crippen molar-refractivity contribution < 1.29 is 22.7 Å². The fraction of sp³-hybridized carbons (Fsp3) is 0.278. The molecule has 0 bridgehead atoms. The summed E-state index contributed by atoms with van der Waals surface area (Å²) in [5.74, 6) is -0.767. The van der Waals surface area contributed by atoms with Gasteiger partial charge in [0.2, 0.25) is 11.8 Å². The minimum atomic E-state index is -4.29. The Morgan fingerprint density at radius 2 is 1.40 bits per heavy atom. The van der Waals surface area contributed by atoms with Gasteiger partial charge in [-0.05, 0) is 69.7 Å². The van der Waals surface area contributed by atoms with Gasteiger partial charge < -0.3 is 15.0 Å². The first-order valence-electron chi connectivity index (χ1n) is 15.2. The third-order valence-electron chi connectivity index (χ3n) is 7.20. The van der Waals surface area contributed by atoms with Crippen LogP contribution in [-0.2, 0) is 32.6 Å². The number of hydrogen-bond acceptors (Lipinski definition) is 5. The molecule has 0 aliphatic heterocycles. The van der Waals surface area contributed by atoms with Crippen LogP contribution in [0.1, 0.15) is 38.8 Å². The lowest BCUT2D eigenvalue weighted by molar-refractivity contribution is -0.140. The van der Waals surface area contributed by atoms with Crippen molar-refractivity contribution in [1.29, 1.82) is 0 Å². The predicted octanol–water partition coefficient (Wildman–Crippen LogP) is 7.14. The smallest absolute Gasteiger partial charge is 0.264 e. The van der Waals surface area contributed by atoms with E-state index in [2.05, 4.69) is 5.32 Å². The number of nitrogens with zero attached hydrogens (tertiary/aromatic N) is 2. The molecule has 248 valence electrons. The minimum absolute atomic E-state index is 0.00823. The van der Waals surface area contributed by atoms with E-state index in [1.54, 1.807) is 67.6 Å². The molecule has 0 saturated heterocycles. The van der Waals surface area contributed by atoms with E-state index in [4.69, 9.17) is 27.9 Å². The molecule has 0 heterocycles. The van der Waals surface area contributed by atoms with Crippen molar-refractivity contribution >= 4 is 50.7 Å². The molecule has 47 heavy (non-hydrogen) atoms. The predicted molar refractivity (Wildman–Crippen MR) is 187 cm³/mol. The molecule has 11 heteroatoms. The second kappa shape index (κ2) is 15.7. The fourth-order valence-corrected chi connectivity index (χ4v) is 7.00. The van der Waals surface area contributed by atoms with Crippen LogP contribution in [0.15, 0.2) is 108 Å². The van der Waals surface area contributed by atoms with E-state index in [0.717, 1.165) is 9.87 Å². The molecule has 1 N–H and O–H groups in total. The van der Waals surface area contributed by atoms with Crippen LogP contribution in [-0.4, -0.2) is 49.9 Å². The number of nitrogens with one attached hydrogen (secondary N) is 1. The van der Waals surface area contributed by atoms with Crippen molar-refractivity contribution in [2.24, 2.45) is 0 Å². The number of sulfonamides is 1. The van der Waals surface area contributed by atoms with Crippen molar-refractivity contribution in [3.63, 3.8) is 0 Å². The van der Waals surface area contributed by atoms with Gasteiger partial charge in [0, 0.05) is 34.1 Å². The second-order valence-electron chi connectivity index (χ2n) is 11.9. The molecule has 0 saturated carbocycles. The van der Waals surface area contributed by atoms with Crippen LogP contribution in [0.3, 0.4) is 0 Å². The normalized spacial score (nSPS) is 12.2. The lowest BCUT2D eigenvalue weighted by Gasteiger charge is -2.35. The van der Waals surface area contributed by atoms with Crippen LogP contribution in [0.4, 0.5) is 5.69 Å². The molecule has 0 aromatic heterocycles. The van der Waals surface area contributed by atoms with Crippen LogP contribution in [0.25, 0.3) is 0 Å². The molecule has 1 atom stereocenters. The Hall–Kier alpha value is -4.05. The number of ether oxygens (including phenoxy) is 1. The van der Waals surface area contributed by atoms with Crippen LogP contribution >= 0.6 is 23.2 Å². The summed E-state index contributed by atoms with van der Waals surface area (Å²) in [5, 5.41) is 3.62. The van der Waals surface area contributed by atoms with Gasteiger partial charge in [-0.3, -0.25) is 13.9 Å². The highest BCUT2D eigenvalue weighted by atomic mass is 35.5. The maximum Gasteiger partial charge on any atom is 0.264 e. The summed E-state index contributed by atoms with van der Waals surface area (Å²) in [6.07, 6.45) is 0.150. The fourth-order valence-electron chi connectivity index (χ4n) is 5.03. The molecule has 0 unspecified atom stereocenters. The van der Waals surface area contributed by atoms with Crippen LogP contribution in [0.5, 0.6) is 5.75 Å². The molecule has 4 aromatic rings. The lowest BCUT2D eigenvalue weighted by atomic mass is 10.0. The number of rotatable bonds is 13. The topological polar surface area (TPSA) is 96.0 Å². The highest BCUT2D eigenvalue weighted by Crippen LogP contribution is 2.33. The SMILES string of the molecule is CCOc1ccccc1N(CC(=O)N(Cc1c(Cl)cccc1Cl)[C@@H](Cc1ccccc1)C(=O)NC(C)(C)C)S(=O)(=O)c1ccccc1. The average Bonchev–Trinajstić information content (AvgIpc) is 3.03.